The topological polar surface area (TPSA) is 99.5 Å². The predicted octanol–water partition coefficient (Wildman–Crippen LogP) is 1.49. The molecule has 1 aromatic rings. The van der Waals surface area contributed by atoms with E-state index in [0.717, 1.165) is 0 Å². The zero-order chi connectivity index (χ0) is 14.9. The average molecular weight is 274 g/mol. The van der Waals surface area contributed by atoms with Gasteiger partial charge in [0.05, 0.1) is 22.8 Å². The Morgan fingerprint density at radius 3 is 2.05 bits per heavy atom. The van der Waals surface area contributed by atoms with E-state index in [4.69, 9.17) is 0 Å². The van der Waals surface area contributed by atoms with Crippen LogP contribution in [0.3, 0.4) is 0 Å². The Hall–Kier alpha value is -2.63. The molecule has 0 saturated carbocycles. The quantitative estimate of drug-likeness (QED) is 0.772. The lowest BCUT2D eigenvalue weighted by Crippen LogP contribution is -2.31. The molecule has 0 saturated heterocycles. The van der Waals surface area contributed by atoms with Crippen LogP contribution in [0.1, 0.15) is 25.5 Å². The van der Waals surface area contributed by atoms with Gasteiger partial charge in [0.25, 0.3) is 0 Å². The molecule has 0 unspecified atom stereocenters. The molecule has 0 fully saturated rings. The van der Waals surface area contributed by atoms with Crippen molar-refractivity contribution in [1.29, 1.82) is 0 Å². The van der Waals surface area contributed by atoms with Gasteiger partial charge in [0.1, 0.15) is 0 Å². The van der Waals surface area contributed by atoms with Gasteiger partial charge in [-0.3, -0.25) is 4.98 Å². The van der Waals surface area contributed by atoms with E-state index in [0.29, 0.717) is 17.1 Å². The van der Waals surface area contributed by atoms with Gasteiger partial charge in [0.2, 0.25) is 0 Å². The number of hydrogen-bond acceptors (Lipinski definition) is 4. The van der Waals surface area contributed by atoms with Gasteiger partial charge in [-0.2, -0.15) is 0 Å². The van der Waals surface area contributed by atoms with Crippen molar-refractivity contribution in [1.82, 2.24) is 10.3 Å². The molecule has 0 radical (unpaired) electrons. The minimum Gasteiger partial charge on any atom is -0.478 e. The molecule has 0 spiro atoms. The van der Waals surface area contributed by atoms with E-state index in [2.05, 4.69) is 10.3 Å². The second-order valence-corrected chi connectivity index (χ2v) is 4.50. The number of aromatic nitrogens is 1. The molecule has 1 aromatic heterocycles. The van der Waals surface area contributed by atoms with Crippen LogP contribution in [-0.4, -0.2) is 27.1 Å². The monoisotopic (exact) mass is 274 g/mol. The molecule has 2 rings (SSSR count). The molecule has 0 amide bonds. The highest BCUT2D eigenvalue weighted by Gasteiger charge is 2.37. The summed E-state index contributed by atoms with van der Waals surface area (Å²) in [5.74, 6) is -3.19. The first-order valence-electron chi connectivity index (χ1n) is 5.99. The molecule has 1 aliphatic heterocycles. The normalized spacial score (nSPS) is 16.1. The van der Waals surface area contributed by atoms with Crippen LogP contribution < -0.4 is 5.32 Å². The molecular weight excluding hydrogens is 260 g/mol. The summed E-state index contributed by atoms with van der Waals surface area (Å²) in [7, 11) is 0. The van der Waals surface area contributed by atoms with Crippen molar-refractivity contribution in [2.24, 2.45) is 0 Å². The minimum atomic E-state index is -1.16. The summed E-state index contributed by atoms with van der Waals surface area (Å²) < 4.78 is 0. The Bertz CT molecular complexity index is 596. The number of carboxylic acids is 2. The van der Waals surface area contributed by atoms with Crippen LogP contribution in [0.15, 0.2) is 46.9 Å². The van der Waals surface area contributed by atoms with Gasteiger partial charge < -0.3 is 15.5 Å². The zero-order valence-corrected chi connectivity index (χ0v) is 11.0. The summed E-state index contributed by atoms with van der Waals surface area (Å²) in [6.45, 7) is 3.23. The fraction of sp³-hybridized carbons (Fsp3) is 0.214. The van der Waals surface area contributed by atoms with Crippen LogP contribution in [0, 0.1) is 0 Å². The minimum absolute atomic E-state index is 0.00620. The Kier molecular flexibility index (Phi) is 3.56. The molecular formula is C14H14N2O4. The number of allylic oxidation sites excluding steroid dienone is 2. The molecule has 6 heteroatoms. The van der Waals surface area contributed by atoms with Gasteiger partial charge in [0.15, 0.2) is 0 Å². The van der Waals surface area contributed by atoms with Crippen LogP contribution in [0.2, 0.25) is 0 Å². The Morgan fingerprint density at radius 1 is 1.10 bits per heavy atom. The smallest absolute Gasteiger partial charge is 0.334 e. The van der Waals surface area contributed by atoms with Gasteiger partial charge in [-0.05, 0) is 26.0 Å². The van der Waals surface area contributed by atoms with Crippen LogP contribution in [0.5, 0.6) is 0 Å². The number of carboxylic acid groups (broad SMARTS) is 2. The maximum atomic E-state index is 11.5. The molecule has 104 valence electrons. The molecule has 20 heavy (non-hydrogen) atoms. The second kappa shape index (κ2) is 5.16. The third-order valence-corrected chi connectivity index (χ3v) is 3.20. The number of aliphatic carboxylic acids is 2. The molecule has 0 aliphatic carbocycles. The van der Waals surface area contributed by atoms with Gasteiger partial charge in [-0.15, -0.1) is 0 Å². The number of carbonyl (C=O) groups is 2. The maximum absolute atomic E-state index is 11.5. The van der Waals surface area contributed by atoms with E-state index < -0.39 is 17.9 Å². The number of dihydropyridines is 1. The highest BCUT2D eigenvalue weighted by atomic mass is 16.4. The van der Waals surface area contributed by atoms with Crippen LogP contribution >= 0.6 is 0 Å². The van der Waals surface area contributed by atoms with Crippen LogP contribution in [-0.2, 0) is 9.59 Å². The average Bonchev–Trinajstić information content (AvgIpc) is 2.37. The molecule has 2 heterocycles. The van der Waals surface area contributed by atoms with Crippen molar-refractivity contribution < 1.29 is 19.8 Å². The summed E-state index contributed by atoms with van der Waals surface area (Å²) in [5, 5.41) is 21.6. The SMILES string of the molecule is CC1=C(C(=O)O)C(c2ccccn2)C(C(=O)O)=C(C)N1. The summed E-state index contributed by atoms with van der Waals surface area (Å²) >= 11 is 0. The molecule has 0 atom stereocenters. The standard InChI is InChI=1S/C14H14N2O4/c1-7-10(13(17)18)12(9-5-3-4-6-15-9)11(14(19)20)8(2)16-7/h3-6,12,16H,1-2H3,(H,17,18)(H,19,20). The number of pyridine rings is 1. The van der Waals surface area contributed by atoms with Gasteiger partial charge in [0, 0.05) is 17.6 Å². The molecule has 0 aromatic carbocycles. The first-order valence-corrected chi connectivity index (χ1v) is 5.99. The Morgan fingerprint density at radius 2 is 1.65 bits per heavy atom. The Balaban J connectivity index is 2.67. The lowest BCUT2D eigenvalue weighted by atomic mass is 9.83. The van der Waals surface area contributed by atoms with Crippen molar-refractivity contribution in [2.75, 3.05) is 0 Å². The molecule has 6 nitrogen and oxygen atoms in total. The maximum Gasteiger partial charge on any atom is 0.334 e. The van der Waals surface area contributed by atoms with E-state index in [9.17, 15) is 19.8 Å². The van der Waals surface area contributed by atoms with Crippen molar-refractivity contribution >= 4 is 11.9 Å². The summed E-state index contributed by atoms with van der Waals surface area (Å²) in [6, 6.07) is 5.02. The number of rotatable bonds is 3. The van der Waals surface area contributed by atoms with E-state index in [-0.39, 0.29) is 11.1 Å². The first-order chi connectivity index (χ1) is 9.43. The third kappa shape index (κ3) is 2.27. The van der Waals surface area contributed by atoms with Crippen molar-refractivity contribution in [3.63, 3.8) is 0 Å². The lowest BCUT2D eigenvalue weighted by molar-refractivity contribution is -0.133. The van der Waals surface area contributed by atoms with Crippen molar-refractivity contribution in [3.05, 3.63) is 52.6 Å². The van der Waals surface area contributed by atoms with Crippen LogP contribution in [0.25, 0.3) is 0 Å². The summed E-state index contributed by atoms with van der Waals surface area (Å²) in [6.07, 6.45) is 1.51. The fourth-order valence-corrected chi connectivity index (χ4v) is 2.40. The highest BCUT2D eigenvalue weighted by Crippen LogP contribution is 2.37. The number of hydrogen-bond donors (Lipinski definition) is 3. The van der Waals surface area contributed by atoms with E-state index in [1.807, 2.05) is 0 Å². The predicted molar refractivity (Wildman–Crippen MR) is 70.8 cm³/mol. The lowest BCUT2D eigenvalue weighted by Gasteiger charge is -2.27. The number of nitrogens with one attached hydrogen (secondary N) is 1. The zero-order valence-electron chi connectivity index (χ0n) is 11.0. The van der Waals surface area contributed by atoms with E-state index >= 15 is 0 Å². The largest absolute Gasteiger partial charge is 0.478 e. The molecule has 1 aliphatic rings. The first kappa shape index (κ1) is 13.8. The van der Waals surface area contributed by atoms with Gasteiger partial charge >= 0.3 is 11.9 Å². The molecule has 0 bridgehead atoms. The van der Waals surface area contributed by atoms with E-state index in [1.54, 1.807) is 32.0 Å². The summed E-state index contributed by atoms with van der Waals surface area (Å²) in [4.78, 5) is 27.1. The fourth-order valence-electron chi connectivity index (χ4n) is 2.40. The van der Waals surface area contributed by atoms with Crippen molar-refractivity contribution in [3.8, 4) is 0 Å². The number of nitrogens with zero attached hydrogens (tertiary/aromatic N) is 1. The van der Waals surface area contributed by atoms with Crippen molar-refractivity contribution in [2.45, 2.75) is 19.8 Å². The van der Waals surface area contributed by atoms with E-state index in [1.165, 1.54) is 6.20 Å². The third-order valence-electron chi connectivity index (χ3n) is 3.20. The van der Waals surface area contributed by atoms with Gasteiger partial charge in [-0.1, -0.05) is 6.07 Å². The molecule has 3 N–H and O–H groups in total. The Labute approximate surface area is 115 Å². The van der Waals surface area contributed by atoms with Crippen LogP contribution in [0.4, 0.5) is 0 Å². The summed E-state index contributed by atoms with van der Waals surface area (Å²) in [5.41, 5.74) is 1.27. The van der Waals surface area contributed by atoms with Gasteiger partial charge in [-0.25, -0.2) is 9.59 Å². The highest BCUT2D eigenvalue weighted by molar-refractivity contribution is 5.98. The second-order valence-electron chi connectivity index (χ2n) is 4.50.